The van der Waals surface area contributed by atoms with Gasteiger partial charge < -0.3 is 163 Å². The fourth-order valence-corrected chi connectivity index (χ4v) is 0. The lowest BCUT2D eigenvalue weighted by atomic mass is 11.5. The van der Waals surface area contributed by atoms with Crippen LogP contribution in [0.4, 0.5) is 9.59 Å². The van der Waals surface area contributed by atoms with Crippen molar-refractivity contribution in [3.63, 3.8) is 0 Å². The second kappa shape index (κ2) is 2170. The molecule has 32 heteroatoms. The zero-order valence-electron chi connectivity index (χ0n) is 16.6. The van der Waals surface area contributed by atoms with Crippen LogP contribution in [0, 0.1) is 0 Å². The van der Waals surface area contributed by atoms with Crippen LogP contribution in [0.25, 0.3) is 0 Å². The second-order valence-corrected chi connectivity index (χ2v) is 0.565. The molecule has 0 saturated heterocycles. The highest BCUT2D eigenvalue weighted by Gasteiger charge is 1.70. The topological polar surface area (TPSA) is 934 Å². The molecule has 0 aliphatic carbocycles. The summed E-state index contributed by atoms with van der Waals surface area (Å²) in [5.41, 5.74) is 0. The Balaban J connectivity index is -0.000000000462. The van der Waals surface area contributed by atoms with Crippen molar-refractivity contribution in [2.75, 3.05) is 0 Å². The zero-order valence-corrected chi connectivity index (χ0v) is 16.6. The van der Waals surface area contributed by atoms with Gasteiger partial charge in [0, 0.05) is 0 Å². The van der Waals surface area contributed by atoms with E-state index in [4.69, 9.17) is 30.0 Å². The Bertz CT molecular complexity index is 69.0. The summed E-state index contributed by atoms with van der Waals surface area (Å²) in [4.78, 5) is 17.1. The SMILES string of the molecule is O.O.O.O.O.O.O.O.O.O.O.O.O.O.O.O.O.O.O.O.O.O.O.O.O.O.O=C(O)O.O=C(O)O. The highest BCUT2D eigenvalue weighted by Crippen LogP contribution is 1.43. The van der Waals surface area contributed by atoms with Gasteiger partial charge in [-0.1, -0.05) is 0 Å². The van der Waals surface area contributed by atoms with E-state index in [-0.39, 0.29) is 142 Å². The predicted octanol–water partition coefficient (Wildman–Crippen LogP) is -21.0. The lowest BCUT2D eigenvalue weighted by Crippen LogP contribution is -1.81. The van der Waals surface area contributed by atoms with Crippen LogP contribution in [0.15, 0.2) is 0 Å². The minimum atomic E-state index is -1.83. The molecule has 0 heterocycles. The molecule has 0 aliphatic heterocycles. The van der Waals surface area contributed by atoms with Gasteiger partial charge >= 0.3 is 12.3 Å². The van der Waals surface area contributed by atoms with Crippen molar-refractivity contribution < 1.29 is 172 Å². The molecule has 32 nitrogen and oxygen atoms in total. The molecular weight excluding hydrogens is 536 g/mol. The average Bonchev–Trinajstić information content (AvgIpc) is 1.25. The van der Waals surface area contributed by atoms with Crippen molar-refractivity contribution in [2.24, 2.45) is 0 Å². The van der Waals surface area contributed by atoms with Gasteiger partial charge in [0.15, 0.2) is 0 Å². The number of carboxylic acid groups (broad SMARTS) is 4. The first-order chi connectivity index (χ1) is 3.46. The van der Waals surface area contributed by atoms with E-state index >= 15 is 0 Å². The van der Waals surface area contributed by atoms with Crippen LogP contribution in [0.3, 0.4) is 0 Å². The van der Waals surface area contributed by atoms with E-state index in [0.29, 0.717) is 0 Å². The van der Waals surface area contributed by atoms with Gasteiger partial charge in [-0.05, 0) is 0 Å². The Hall–Kier alpha value is -2.50. The first kappa shape index (κ1) is 2390. The van der Waals surface area contributed by atoms with Crippen molar-refractivity contribution in [3.05, 3.63) is 0 Å². The Morgan fingerprint density at radius 3 is 0.206 bits per heavy atom. The summed E-state index contributed by atoms with van der Waals surface area (Å²) in [6, 6.07) is 0. The fourth-order valence-electron chi connectivity index (χ4n) is 0. The van der Waals surface area contributed by atoms with Crippen LogP contribution >= 0.6 is 0 Å². The van der Waals surface area contributed by atoms with Gasteiger partial charge in [0.25, 0.3) is 0 Å². The van der Waals surface area contributed by atoms with E-state index in [9.17, 15) is 0 Å². The van der Waals surface area contributed by atoms with Crippen LogP contribution in [0.2, 0.25) is 0 Å². The molecule has 0 amide bonds. The summed E-state index contributed by atoms with van der Waals surface area (Å²) in [5, 5.41) is 27.9. The number of hydrogen-bond acceptors (Lipinski definition) is 2. The van der Waals surface area contributed by atoms with Crippen LogP contribution in [-0.4, -0.2) is 175 Å². The zero-order chi connectivity index (χ0) is 7.15. The van der Waals surface area contributed by atoms with Gasteiger partial charge in [0.1, 0.15) is 0 Å². The van der Waals surface area contributed by atoms with Crippen molar-refractivity contribution in [1.29, 1.82) is 0 Å². The number of hydrogen-bond donors (Lipinski definition) is 4. The van der Waals surface area contributed by atoms with Crippen molar-refractivity contribution in [2.45, 2.75) is 0 Å². The maximum atomic E-state index is 8.56. The minimum absolute atomic E-state index is 0. The largest absolute Gasteiger partial charge is 0.503 e. The van der Waals surface area contributed by atoms with Gasteiger partial charge in [-0.25, -0.2) is 9.59 Å². The molecule has 0 aromatic heterocycles. The van der Waals surface area contributed by atoms with Gasteiger partial charge in [0.2, 0.25) is 0 Å². The Labute approximate surface area is 186 Å². The van der Waals surface area contributed by atoms with E-state index in [1.807, 2.05) is 0 Å². The third-order valence-electron chi connectivity index (χ3n) is 0. The number of rotatable bonds is 0. The molecule has 0 fully saturated rings. The first-order valence-corrected chi connectivity index (χ1v) is 1.30. The smallest absolute Gasteiger partial charge is 0.450 e. The van der Waals surface area contributed by atoms with Crippen LogP contribution in [0.1, 0.15) is 0 Å². The normalized spacial score (nSPS) is 1.41. The lowest BCUT2D eigenvalue weighted by molar-refractivity contribution is 0.135. The molecule has 0 unspecified atom stereocenters. The Kier molecular flexibility index (Phi) is 152000. The van der Waals surface area contributed by atoms with Gasteiger partial charge in [-0.15, -0.1) is 0 Å². The molecule has 0 aliphatic rings. The quantitative estimate of drug-likeness (QED) is 0.211. The summed E-state index contributed by atoms with van der Waals surface area (Å²) in [6.07, 6.45) is -3.67. The van der Waals surface area contributed by atoms with E-state index < -0.39 is 12.3 Å². The fraction of sp³-hybridized carbons (Fsp3) is 0. The second-order valence-electron chi connectivity index (χ2n) is 0.565. The van der Waals surface area contributed by atoms with E-state index in [1.54, 1.807) is 0 Å². The van der Waals surface area contributed by atoms with Crippen molar-refractivity contribution in [1.82, 2.24) is 0 Å². The maximum Gasteiger partial charge on any atom is 0.503 e. The van der Waals surface area contributed by atoms with Gasteiger partial charge in [-0.3, -0.25) is 0 Å². The summed E-state index contributed by atoms with van der Waals surface area (Å²) >= 11 is 0. The molecular formula is C2H56O32. The van der Waals surface area contributed by atoms with E-state index in [0.717, 1.165) is 0 Å². The van der Waals surface area contributed by atoms with Crippen LogP contribution in [0.5, 0.6) is 0 Å². The third kappa shape index (κ3) is 3830. The minimum Gasteiger partial charge on any atom is -0.450 e. The summed E-state index contributed by atoms with van der Waals surface area (Å²) < 4.78 is 0. The molecule has 56 N–H and O–H groups in total. The number of carbonyl (C=O) groups is 2. The Morgan fingerprint density at radius 1 is 0.206 bits per heavy atom. The van der Waals surface area contributed by atoms with E-state index in [2.05, 4.69) is 0 Å². The average molecular weight is 592 g/mol. The summed E-state index contributed by atoms with van der Waals surface area (Å²) in [6.45, 7) is 0. The van der Waals surface area contributed by atoms with E-state index in [1.165, 1.54) is 0 Å². The van der Waals surface area contributed by atoms with Crippen LogP contribution < -0.4 is 0 Å². The molecule has 256 valence electrons. The molecule has 0 spiro atoms. The molecule has 0 aromatic rings. The molecule has 0 radical (unpaired) electrons. The van der Waals surface area contributed by atoms with Gasteiger partial charge in [-0.2, -0.15) is 0 Å². The monoisotopic (exact) mass is 592 g/mol. The molecule has 0 aromatic carbocycles. The maximum absolute atomic E-state index is 8.56. The summed E-state index contributed by atoms with van der Waals surface area (Å²) in [7, 11) is 0. The molecule has 0 rings (SSSR count). The van der Waals surface area contributed by atoms with Crippen LogP contribution in [-0.2, 0) is 0 Å². The Morgan fingerprint density at radius 2 is 0.206 bits per heavy atom. The molecule has 0 atom stereocenters. The summed E-state index contributed by atoms with van der Waals surface area (Å²) in [5.74, 6) is 0. The van der Waals surface area contributed by atoms with Crippen molar-refractivity contribution in [3.8, 4) is 0 Å². The highest BCUT2D eigenvalue weighted by molar-refractivity contribution is 5.53. The highest BCUT2D eigenvalue weighted by atomic mass is 16.6. The standard InChI is InChI=1S/2CH2O3.26H2O/c2*2-1(3)4;;;;;;;;;;;;;;;;;;;;;;;;;;/h2*(H2,2,3,4);26*1H2. The predicted molar refractivity (Wildman–Crippen MR) is 115 cm³/mol. The molecule has 34 heavy (non-hydrogen) atoms. The molecule has 0 saturated carbocycles. The first-order valence-electron chi connectivity index (χ1n) is 1.30. The molecule has 0 bridgehead atoms. The van der Waals surface area contributed by atoms with Crippen molar-refractivity contribution >= 4 is 12.3 Å². The lowest BCUT2D eigenvalue weighted by Gasteiger charge is -1.60. The van der Waals surface area contributed by atoms with Gasteiger partial charge in [0.05, 0.1) is 0 Å². The third-order valence-corrected chi connectivity index (χ3v) is 0.